The quantitative estimate of drug-likeness (QED) is 0.876. The van der Waals surface area contributed by atoms with E-state index in [0.29, 0.717) is 21.5 Å². The second kappa shape index (κ2) is 5.38. The number of nitrogens with zero attached hydrogens (tertiary/aromatic N) is 2. The average Bonchev–Trinajstić information content (AvgIpc) is 2.58. The molecule has 0 bridgehead atoms. The van der Waals surface area contributed by atoms with Crippen LogP contribution in [0.3, 0.4) is 0 Å². The highest BCUT2D eigenvalue weighted by Crippen LogP contribution is 2.26. The molecule has 2 aromatic rings. The molecule has 17 heavy (non-hydrogen) atoms. The second-order valence-electron chi connectivity index (χ2n) is 3.59. The fraction of sp³-hybridized carbons (Fsp3) is 0.364. The van der Waals surface area contributed by atoms with Gasteiger partial charge in [-0.1, -0.05) is 30.1 Å². The molecule has 92 valence electrons. The summed E-state index contributed by atoms with van der Waals surface area (Å²) in [5, 5.41) is 1.08. The highest BCUT2D eigenvalue weighted by molar-refractivity contribution is 7.99. The number of imidazole rings is 1. The molecule has 0 aromatic carbocycles. The van der Waals surface area contributed by atoms with Crippen molar-refractivity contribution in [2.45, 2.75) is 13.3 Å². The van der Waals surface area contributed by atoms with Crippen molar-refractivity contribution in [3.05, 3.63) is 28.0 Å². The second-order valence-corrected chi connectivity index (χ2v) is 5.83. The molecule has 2 heterocycles. The Labute approximate surface area is 114 Å². The van der Waals surface area contributed by atoms with Gasteiger partial charge in [0.1, 0.15) is 5.82 Å². The summed E-state index contributed by atoms with van der Waals surface area (Å²) in [6.45, 7) is 2.13. The molecule has 3 nitrogen and oxygen atoms in total. The Hall–Kier alpha value is -0.580. The number of rotatable bonds is 4. The lowest BCUT2D eigenvalue weighted by molar-refractivity contribution is 1.09. The first-order chi connectivity index (χ1) is 8.13. The van der Waals surface area contributed by atoms with E-state index in [-0.39, 0.29) is 0 Å². The molecule has 0 amide bonds. The molecule has 0 saturated heterocycles. The van der Waals surface area contributed by atoms with Gasteiger partial charge in [-0.2, -0.15) is 11.8 Å². The average molecular weight is 290 g/mol. The minimum atomic E-state index is 0.526. The molecule has 0 spiro atoms. The van der Waals surface area contributed by atoms with Gasteiger partial charge in [0, 0.05) is 12.6 Å². The van der Waals surface area contributed by atoms with E-state index in [4.69, 9.17) is 28.9 Å². The molecule has 2 aromatic heterocycles. The summed E-state index contributed by atoms with van der Waals surface area (Å²) in [4.78, 5) is 4.46. The van der Waals surface area contributed by atoms with Crippen LogP contribution in [0.25, 0.3) is 5.65 Å². The van der Waals surface area contributed by atoms with Gasteiger partial charge in [0.2, 0.25) is 0 Å². The van der Waals surface area contributed by atoms with Crippen LogP contribution in [-0.2, 0) is 6.42 Å². The highest BCUT2D eigenvalue weighted by Gasteiger charge is 2.12. The van der Waals surface area contributed by atoms with Crippen molar-refractivity contribution >= 4 is 46.4 Å². The Morgan fingerprint density at radius 2 is 2.24 bits per heavy atom. The molecule has 0 unspecified atom stereocenters. The van der Waals surface area contributed by atoms with Gasteiger partial charge in [-0.05, 0) is 17.6 Å². The van der Waals surface area contributed by atoms with Crippen LogP contribution in [0.2, 0.25) is 10.0 Å². The van der Waals surface area contributed by atoms with Gasteiger partial charge >= 0.3 is 0 Å². The number of thioether (sulfide) groups is 1. The SMILES string of the molecule is CCSCCc1nc2c(Cl)cc(Cl)cn2c1N. The lowest BCUT2D eigenvalue weighted by Gasteiger charge is -2.00. The van der Waals surface area contributed by atoms with Crippen LogP contribution in [0, 0.1) is 0 Å². The fourth-order valence-electron chi connectivity index (χ4n) is 1.63. The van der Waals surface area contributed by atoms with Crippen molar-refractivity contribution in [2.75, 3.05) is 17.2 Å². The molecule has 0 aliphatic heterocycles. The summed E-state index contributed by atoms with van der Waals surface area (Å²) in [7, 11) is 0. The molecule has 2 rings (SSSR count). The maximum atomic E-state index is 6.08. The minimum Gasteiger partial charge on any atom is -0.383 e. The van der Waals surface area contributed by atoms with E-state index in [1.54, 1.807) is 16.7 Å². The lowest BCUT2D eigenvalue weighted by atomic mass is 10.3. The van der Waals surface area contributed by atoms with Crippen molar-refractivity contribution in [1.29, 1.82) is 0 Å². The summed E-state index contributed by atoms with van der Waals surface area (Å²) in [5.74, 6) is 2.73. The van der Waals surface area contributed by atoms with Gasteiger partial charge in [0.05, 0.1) is 15.7 Å². The third kappa shape index (κ3) is 2.64. The molecule has 0 radical (unpaired) electrons. The largest absolute Gasteiger partial charge is 0.383 e. The third-order valence-electron chi connectivity index (χ3n) is 2.44. The van der Waals surface area contributed by atoms with E-state index < -0.39 is 0 Å². The van der Waals surface area contributed by atoms with Crippen LogP contribution in [0.15, 0.2) is 12.3 Å². The van der Waals surface area contributed by atoms with Crippen LogP contribution in [-0.4, -0.2) is 20.9 Å². The standard InChI is InChI=1S/C11H13Cl2N3S/c1-2-17-4-3-9-10(14)16-6-7(12)5-8(13)11(16)15-9/h5-6H,2-4,14H2,1H3. The van der Waals surface area contributed by atoms with Gasteiger partial charge < -0.3 is 5.73 Å². The Balaban J connectivity index is 2.39. The van der Waals surface area contributed by atoms with Gasteiger partial charge in [-0.15, -0.1) is 0 Å². The first-order valence-corrected chi connectivity index (χ1v) is 7.23. The van der Waals surface area contributed by atoms with Gasteiger partial charge in [0.15, 0.2) is 5.65 Å². The zero-order chi connectivity index (χ0) is 12.4. The first kappa shape index (κ1) is 12.9. The minimum absolute atomic E-state index is 0.526. The van der Waals surface area contributed by atoms with Crippen LogP contribution in [0.4, 0.5) is 5.82 Å². The first-order valence-electron chi connectivity index (χ1n) is 5.32. The predicted octanol–water partition coefficient (Wildman–Crippen LogP) is 3.52. The number of nitrogen functional groups attached to an aromatic ring is 1. The smallest absolute Gasteiger partial charge is 0.157 e. The van der Waals surface area contributed by atoms with E-state index in [1.807, 2.05) is 11.8 Å². The molecule has 0 atom stereocenters. The molecule has 0 aliphatic rings. The van der Waals surface area contributed by atoms with Crippen molar-refractivity contribution < 1.29 is 0 Å². The topological polar surface area (TPSA) is 43.3 Å². The molecule has 6 heteroatoms. The van der Waals surface area contributed by atoms with Crippen LogP contribution in [0.1, 0.15) is 12.6 Å². The van der Waals surface area contributed by atoms with Crippen molar-refractivity contribution in [1.82, 2.24) is 9.38 Å². The number of aromatic nitrogens is 2. The Kier molecular flexibility index (Phi) is 4.07. The maximum absolute atomic E-state index is 6.08. The molecule has 0 aliphatic carbocycles. The molecule has 0 fully saturated rings. The van der Waals surface area contributed by atoms with Gasteiger partial charge in [-0.3, -0.25) is 4.40 Å². The zero-order valence-electron chi connectivity index (χ0n) is 9.41. The molecule has 2 N–H and O–H groups in total. The Morgan fingerprint density at radius 1 is 1.47 bits per heavy atom. The third-order valence-corrected chi connectivity index (χ3v) is 3.83. The van der Waals surface area contributed by atoms with E-state index in [2.05, 4.69) is 11.9 Å². The Morgan fingerprint density at radius 3 is 2.94 bits per heavy atom. The summed E-state index contributed by atoms with van der Waals surface area (Å²) in [5.41, 5.74) is 7.59. The molecular weight excluding hydrogens is 277 g/mol. The van der Waals surface area contributed by atoms with E-state index in [0.717, 1.165) is 23.6 Å². The summed E-state index contributed by atoms with van der Waals surface area (Å²) in [6.07, 6.45) is 2.58. The number of pyridine rings is 1. The highest BCUT2D eigenvalue weighted by atomic mass is 35.5. The maximum Gasteiger partial charge on any atom is 0.157 e. The number of halogens is 2. The van der Waals surface area contributed by atoms with Crippen LogP contribution in [0.5, 0.6) is 0 Å². The van der Waals surface area contributed by atoms with E-state index >= 15 is 0 Å². The van der Waals surface area contributed by atoms with Gasteiger partial charge in [0.25, 0.3) is 0 Å². The van der Waals surface area contributed by atoms with Crippen LogP contribution < -0.4 is 5.73 Å². The van der Waals surface area contributed by atoms with Crippen LogP contribution >= 0.6 is 35.0 Å². The number of nitrogens with two attached hydrogens (primary N) is 1. The van der Waals surface area contributed by atoms with E-state index in [9.17, 15) is 0 Å². The number of aryl methyl sites for hydroxylation is 1. The lowest BCUT2D eigenvalue weighted by Crippen LogP contribution is -1.98. The summed E-state index contributed by atoms with van der Waals surface area (Å²) < 4.78 is 1.75. The van der Waals surface area contributed by atoms with E-state index in [1.165, 1.54) is 0 Å². The van der Waals surface area contributed by atoms with Gasteiger partial charge in [-0.25, -0.2) is 4.98 Å². The summed E-state index contributed by atoms with van der Waals surface area (Å²) >= 11 is 13.9. The number of fused-ring (bicyclic) bond motifs is 1. The number of hydrogen-bond donors (Lipinski definition) is 1. The molecule has 0 saturated carbocycles. The summed E-state index contributed by atoms with van der Waals surface area (Å²) in [6, 6.07) is 1.68. The molecular formula is C11H13Cl2N3S. The zero-order valence-corrected chi connectivity index (χ0v) is 11.7. The fourth-order valence-corrected chi connectivity index (χ4v) is 2.77. The predicted molar refractivity (Wildman–Crippen MR) is 76.3 cm³/mol. The van der Waals surface area contributed by atoms with Crippen molar-refractivity contribution in [3.63, 3.8) is 0 Å². The Bertz CT molecular complexity index is 539. The monoisotopic (exact) mass is 289 g/mol. The van der Waals surface area contributed by atoms with Crippen molar-refractivity contribution in [2.24, 2.45) is 0 Å². The number of hydrogen-bond acceptors (Lipinski definition) is 3. The normalized spacial score (nSPS) is 11.2. The van der Waals surface area contributed by atoms with Crippen molar-refractivity contribution in [3.8, 4) is 0 Å². The number of anilines is 1.